The molecule has 0 N–H and O–H groups in total. The Bertz CT molecular complexity index is 733. The zero-order valence-corrected chi connectivity index (χ0v) is 20.5. The Kier molecular flexibility index (Phi) is 12.1. The third-order valence-corrected chi connectivity index (χ3v) is 9.54. The van der Waals surface area contributed by atoms with Gasteiger partial charge in [-0.15, -0.1) is 7.92 Å². The predicted octanol–water partition coefficient (Wildman–Crippen LogP) is 5.53. The Hall–Kier alpha value is -0.750. The van der Waals surface area contributed by atoms with Crippen LogP contribution in [0.1, 0.15) is 25.0 Å². The first kappa shape index (κ1) is 24.5. The number of hydrogen-bond donors (Lipinski definition) is 0. The molecule has 7 heteroatoms. The van der Waals surface area contributed by atoms with Crippen LogP contribution in [0.2, 0.25) is 0 Å². The van der Waals surface area contributed by atoms with E-state index in [1.54, 1.807) is 7.11 Å². The lowest BCUT2D eigenvalue weighted by Gasteiger charge is -2.13. The Balaban J connectivity index is 1.74. The van der Waals surface area contributed by atoms with Crippen molar-refractivity contribution in [2.24, 2.45) is 0 Å². The van der Waals surface area contributed by atoms with Crippen LogP contribution in [0.4, 0.5) is 0 Å². The summed E-state index contributed by atoms with van der Waals surface area (Å²) in [6.07, 6.45) is 5.17. The van der Waals surface area contributed by atoms with Crippen molar-refractivity contribution in [1.29, 1.82) is 0 Å². The highest BCUT2D eigenvalue weighted by molar-refractivity contribution is 7.57. The molecule has 0 saturated carbocycles. The highest BCUT2D eigenvalue weighted by Gasteiger charge is 2.07. The molecule has 2 rings (SSSR count). The fourth-order valence-electron chi connectivity index (χ4n) is 2.97. The summed E-state index contributed by atoms with van der Waals surface area (Å²) in [5.41, 5.74) is 2.59. The largest absolute Gasteiger partial charge is 0.497 e. The van der Waals surface area contributed by atoms with Crippen molar-refractivity contribution >= 4 is 30.1 Å². The third-order valence-electron chi connectivity index (χ3n) is 4.73. The fourth-order valence-corrected chi connectivity index (χ4v) is 6.48. The van der Waals surface area contributed by atoms with Gasteiger partial charge in [-0.25, -0.2) is 0 Å². The summed E-state index contributed by atoms with van der Waals surface area (Å²) in [5, 5.41) is 1.34. The van der Waals surface area contributed by atoms with E-state index >= 15 is 0 Å². The van der Waals surface area contributed by atoms with Crippen LogP contribution in [0.3, 0.4) is 0 Å². The monoisotopic (exact) mass is 454 g/mol. The second-order valence-corrected chi connectivity index (χ2v) is 12.1. The zero-order chi connectivity index (χ0) is 20.9. The maximum absolute atomic E-state index is 11.9. The van der Waals surface area contributed by atoms with E-state index in [9.17, 15) is 4.57 Å². The predicted molar refractivity (Wildman–Crippen MR) is 129 cm³/mol. The van der Waals surface area contributed by atoms with Gasteiger partial charge in [0.2, 0.25) is 0 Å². The van der Waals surface area contributed by atoms with Crippen LogP contribution in [0, 0.1) is 0 Å². The van der Waals surface area contributed by atoms with E-state index in [0.29, 0.717) is 21.8 Å². The summed E-state index contributed by atoms with van der Waals surface area (Å²) < 4.78 is 27.9. The molecule has 0 aliphatic rings. The molecular weight excluding hydrogens is 421 g/mol. The SMILES string of the molecule is CCP(CC)CCO[PH](=O)OCCPc1ccccc1Cc1ccc(OC)cc1. The second-order valence-electron chi connectivity index (χ2n) is 6.58. The van der Waals surface area contributed by atoms with Crippen molar-refractivity contribution in [3.63, 3.8) is 0 Å². The molecular formula is C22H33O4P3. The van der Waals surface area contributed by atoms with E-state index in [1.165, 1.54) is 28.8 Å². The topological polar surface area (TPSA) is 44.8 Å². The molecule has 0 aliphatic carbocycles. The molecule has 0 fully saturated rings. The number of methoxy groups -OCH3 is 1. The molecule has 2 aromatic carbocycles. The van der Waals surface area contributed by atoms with E-state index in [0.717, 1.165) is 24.5 Å². The van der Waals surface area contributed by atoms with E-state index in [-0.39, 0.29) is 7.92 Å². The van der Waals surface area contributed by atoms with Crippen molar-refractivity contribution in [2.75, 3.05) is 45.0 Å². The summed E-state index contributed by atoms with van der Waals surface area (Å²) in [6, 6.07) is 16.7. The Labute approximate surface area is 179 Å². The van der Waals surface area contributed by atoms with Gasteiger partial charge in [0.15, 0.2) is 0 Å². The number of hydrogen-bond acceptors (Lipinski definition) is 4. The van der Waals surface area contributed by atoms with Crippen LogP contribution in [0.25, 0.3) is 0 Å². The van der Waals surface area contributed by atoms with Gasteiger partial charge in [0.05, 0.1) is 20.3 Å². The first-order valence-electron chi connectivity index (χ1n) is 10.1. The minimum atomic E-state index is -2.37. The normalized spacial score (nSPS) is 12.7. The average Bonchev–Trinajstić information content (AvgIpc) is 2.76. The van der Waals surface area contributed by atoms with Gasteiger partial charge in [-0.3, -0.25) is 4.57 Å². The number of benzene rings is 2. The average molecular weight is 454 g/mol. The van der Waals surface area contributed by atoms with Gasteiger partial charge < -0.3 is 13.8 Å². The Morgan fingerprint density at radius 2 is 1.66 bits per heavy atom. The van der Waals surface area contributed by atoms with Crippen molar-refractivity contribution < 1.29 is 18.3 Å². The van der Waals surface area contributed by atoms with Gasteiger partial charge in [-0.05, 0) is 59.6 Å². The lowest BCUT2D eigenvalue weighted by molar-refractivity contribution is 0.245. The van der Waals surface area contributed by atoms with Gasteiger partial charge in [-0.2, -0.15) is 0 Å². The second kappa shape index (κ2) is 14.3. The molecule has 0 radical (unpaired) electrons. The third kappa shape index (κ3) is 9.29. The lowest BCUT2D eigenvalue weighted by Crippen LogP contribution is -2.07. The van der Waals surface area contributed by atoms with E-state index < -0.39 is 8.25 Å². The van der Waals surface area contributed by atoms with E-state index in [1.807, 2.05) is 12.1 Å². The van der Waals surface area contributed by atoms with Gasteiger partial charge >= 0.3 is 8.25 Å². The molecule has 0 spiro atoms. The summed E-state index contributed by atoms with van der Waals surface area (Å²) >= 11 is 0. The van der Waals surface area contributed by atoms with Crippen LogP contribution in [-0.2, 0) is 20.0 Å². The summed E-state index contributed by atoms with van der Waals surface area (Å²) in [6.45, 7) is 5.45. The zero-order valence-electron chi connectivity index (χ0n) is 17.6. The standard InChI is InChI=1S/C22H33O4P3/c1-4-28(5-2)17-15-26-29(23)25-14-16-27-22-9-7-6-8-20(22)18-19-10-12-21(24-3)13-11-19/h6-13,27,29H,4-5,14-18H2,1-3H3. The molecule has 29 heavy (non-hydrogen) atoms. The molecule has 0 amide bonds. The van der Waals surface area contributed by atoms with Crippen LogP contribution >= 0.6 is 24.8 Å². The molecule has 0 aliphatic heterocycles. The van der Waals surface area contributed by atoms with Crippen molar-refractivity contribution in [3.8, 4) is 5.75 Å². The maximum atomic E-state index is 11.9. The summed E-state index contributed by atoms with van der Waals surface area (Å²) in [4.78, 5) is 0. The molecule has 0 bridgehead atoms. The minimum absolute atomic E-state index is 0.0301. The van der Waals surface area contributed by atoms with Gasteiger partial charge in [-0.1, -0.05) is 58.8 Å². The molecule has 2 atom stereocenters. The van der Waals surface area contributed by atoms with E-state index in [4.69, 9.17) is 13.8 Å². The quantitative estimate of drug-likeness (QED) is 0.278. The fraction of sp³-hybridized carbons (Fsp3) is 0.455. The van der Waals surface area contributed by atoms with Crippen molar-refractivity contribution in [1.82, 2.24) is 0 Å². The number of rotatable bonds is 14. The molecule has 0 heterocycles. The van der Waals surface area contributed by atoms with Crippen LogP contribution in [0.15, 0.2) is 48.5 Å². The molecule has 0 aromatic heterocycles. The molecule has 2 aromatic rings. The summed E-state index contributed by atoms with van der Waals surface area (Å²) in [5.74, 6) is 0.875. The molecule has 0 saturated heterocycles. The Morgan fingerprint density at radius 1 is 0.966 bits per heavy atom. The molecule has 2 unspecified atom stereocenters. The van der Waals surface area contributed by atoms with Gasteiger partial charge in [0.25, 0.3) is 0 Å². The maximum Gasteiger partial charge on any atom is 0.319 e. The molecule has 160 valence electrons. The molecule has 4 nitrogen and oxygen atoms in total. The highest BCUT2D eigenvalue weighted by atomic mass is 31.1. The van der Waals surface area contributed by atoms with Crippen LogP contribution in [-0.4, -0.2) is 45.0 Å². The minimum Gasteiger partial charge on any atom is -0.497 e. The van der Waals surface area contributed by atoms with Crippen molar-refractivity contribution in [3.05, 3.63) is 59.7 Å². The summed E-state index contributed by atoms with van der Waals surface area (Å²) in [7, 11) is -0.0292. The number of ether oxygens (including phenoxy) is 1. The highest BCUT2D eigenvalue weighted by Crippen LogP contribution is 2.35. The first-order chi connectivity index (χ1) is 14.2. The van der Waals surface area contributed by atoms with Crippen molar-refractivity contribution in [2.45, 2.75) is 20.3 Å². The lowest BCUT2D eigenvalue weighted by atomic mass is 10.1. The van der Waals surface area contributed by atoms with Crippen LogP contribution in [0.5, 0.6) is 5.75 Å². The van der Waals surface area contributed by atoms with Gasteiger partial charge in [0, 0.05) is 0 Å². The van der Waals surface area contributed by atoms with Crippen LogP contribution < -0.4 is 10.0 Å². The Morgan fingerprint density at radius 3 is 2.34 bits per heavy atom. The smallest absolute Gasteiger partial charge is 0.319 e. The van der Waals surface area contributed by atoms with E-state index in [2.05, 4.69) is 50.2 Å². The van der Waals surface area contributed by atoms with Gasteiger partial charge in [0.1, 0.15) is 5.75 Å². The first-order valence-corrected chi connectivity index (χ1v) is 14.5.